The van der Waals surface area contributed by atoms with Crippen molar-refractivity contribution >= 4 is 0 Å². The summed E-state index contributed by atoms with van der Waals surface area (Å²) in [5, 5.41) is 4.61. The van der Waals surface area contributed by atoms with Gasteiger partial charge in [0.25, 0.3) is 0 Å². The minimum absolute atomic E-state index is 0.520. The summed E-state index contributed by atoms with van der Waals surface area (Å²) in [6, 6.07) is 1.34. The van der Waals surface area contributed by atoms with Gasteiger partial charge in [-0.3, -0.25) is 9.58 Å². The summed E-state index contributed by atoms with van der Waals surface area (Å²) >= 11 is 0. The molecule has 0 amide bonds. The predicted octanol–water partition coefficient (Wildman–Crippen LogP) is 1.47. The Hall–Kier alpha value is -0.870. The van der Waals surface area contributed by atoms with Crippen molar-refractivity contribution in [3.63, 3.8) is 0 Å². The SMILES string of the molecule is CCc1nn(C)cc1C1C(CN)CCN1C1CC1. The van der Waals surface area contributed by atoms with Crippen LogP contribution in [-0.2, 0) is 13.5 Å². The molecule has 2 heterocycles. The summed E-state index contributed by atoms with van der Waals surface area (Å²) in [5.74, 6) is 0.611. The average Bonchev–Trinajstić information content (AvgIpc) is 3.01. The Balaban J connectivity index is 1.94. The van der Waals surface area contributed by atoms with Crippen LogP contribution in [0.1, 0.15) is 43.5 Å². The van der Waals surface area contributed by atoms with E-state index in [1.165, 1.54) is 37.1 Å². The molecule has 18 heavy (non-hydrogen) atoms. The monoisotopic (exact) mass is 248 g/mol. The van der Waals surface area contributed by atoms with Gasteiger partial charge in [-0.15, -0.1) is 0 Å². The van der Waals surface area contributed by atoms with E-state index in [1.54, 1.807) is 0 Å². The first-order valence-corrected chi connectivity index (χ1v) is 7.22. The highest BCUT2D eigenvalue weighted by molar-refractivity contribution is 5.24. The van der Waals surface area contributed by atoms with E-state index in [2.05, 4.69) is 23.1 Å². The van der Waals surface area contributed by atoms with E-state index in [4.69, 9.17) is 5.73 Å². The van der Waals surface area contributed by atoms with Crippen LogP contribution in [0.5, 0.6) is 0 Å². The molecule has 0 bridgehead atoms. The first kappa shape index (κ1) is 12.2. The van der Waals surface area contributed by atoms with Crippen LogP contribution in [0, 0.1) is 5.92 Å². The summed E-state index contributed by atoms with van der Waals surface area (Å²) in [7, 11) is 2.02. The van der Waals surface area contributed by atoms with Gasteiger partial charge in [-0.1, -0.05) is 6.92 Å². The number of aromatic nitrogens is 2. The molecule has 2 aliphatic rings. The van der Waals surface area contributed by atoms with Crippen LogP contribution >= 0.6 is 0 Å². The second-order valence-corrected chi connectivity index (χ2v) is 5.76. The van der Waals surface area contributed by atoms with Crippen LogP contribution in [0.2, 0.25) is 0 Å². The minimum atomic E-state index is 0.520. The number of hydrogen-bond acceptors (Lipinski definition) is 3. The molecule has 2 atom stereocenters. The van der Waals surface area contributed by atoms with Gasteiger partial charge in [0.05, 0.1) is 5.69 Å². The van der Waals surface area contributed by atoms with Gasteiger partial charge in [0.15, 0.2) is 0 Å². The van der Waals surface area contributed by atoms with Crippen LogP contribution in [0.15, 0.2) is 6.20 Å². The fourth-order valence-corrected chi connectivity index (χ4v) is 3.45. The van der Waals surface area contributed by atoms with E-state index in [9.17, 15) is 0 Å². The first-order valence-electron chi connectivity index (χ1n) is 7.22. The van der Waals surface area contributed by atoms with Crippen molar-refractivity contribution < 1.29 is 0 Å². The van der Waals surface area contributed by atoms with Crippen LogP contribution < -0.4 is 5.73 Å². The lowest BCUT2D eigenvalue weighted by atomic mass is 9.93. The van der Waals surface area contributed by atoms with Crippen molar-refractivity contribution in [2.45, 2.75) is 44.7 Å². The number of hydrogen-bond donors (Lipinski definition) is 1. The predicted molar refractivity (Wildman–Crippen MR) is 72.2 cm³/mol. The van der Waals surface area contributed by atoms with Crippen LogP contribution in [-0.4, -0.2) is 33.8 Å². The van der Waals surface area contributed by atoms with Gasteiger partial charge in [-0.05, 0) is 44.7 Å². The largest absolute Gasteiger partial charge is 0.330 e. The second kappa shape index (κ2) is 4.67. The van der Waals surface area contributed by atoms with Gasteiger partial charge >= 0.3 is 0 Å². The Bertz CT molecular complexity index is 421. The molecule has 1 saturated heterocycles. The maximum Gasteiger partial charge on any atom is 0.0669 e. The molecule has 3 rings (SSSR count). The number of aryl methyl sites for hydroxylation is 2. The summed E-state index contributed by atoms with van der Waals surface area (Å²) < 4.78 is 1.96. The lowest BCUT2D eigenvalue weighted by Gasteiger charge is -2.27. The van der Waals surface area contributed by atoms with E-state index >= 15 is 0 Å². The molecular weight excluding hydrogens is 224 g/mol. The van der Waals surface area contributed by atoms with Gasteiger partial charge in [0.1, 0.15) is 0 Å². The van der Waals surface area contributed by atoms with E-state index in [1.807, 2.05) is 11.7 Å². The quantitative estimate of drug-likeness (QED) is 0.877. The number of rotatable bonds is 4. The number of likely N-dealkylation sites (tertiary alicyclic amines) is 1. The van der Waals surface area contributed by atoms with Crippen molar-refractivity contribution in [1.82, 2.24) is 14.7 Å². The van der Waals surface area contributed by atoms with Crippen molar-refractivity contribution in [3.8, 4) is 0 Å². The third-order valence-corrected chi connectivity index (χ3v) is 4.47. The topological polar surface area (TPSA) is 47.1 Å². The van der Waals surface area contributed by atoms with Crippen LogP contribution in [0.3, 0.4) is 0 Å². The molecule has 1 aliphatic heterocycles. The molecule has 1 aromatic rings. The Morgan fingerprint density at radius 2 is 2.17 bits per heavy atom. The van der Waals surface area contributed by atoms with E-state index in [0.29, 0.717) is 12.0 Å². The summed E-state index contributed by atoms with van der Waals surface area (Å²) in [4.78, 5) is 2.69. The lowest BCUT2D eigenvalue weighted by Crippen LogP contribution is -2.30. The smallest absolute Gasteiger partial charge is 0.0669 e. The third-order valence-electron chi connectivity index (χ3n) is 4.47. The van der Waals surface area contributed by atoms with Gasteiger partial charge < -0.3 is 5.73 Å². The van der Waals surface area contributed by atoms with Gasteiger partial charge in [0.2, 0.25) is 0 Å². The van der Waals surface area contributed by atoms with Crippen molar-refractivity contribution in [3.05, 3.63) is 17.5 Å². The van der Waals surface area contributed by atoms with Crippen molar-refractivity contribution in [2.75, 3.05) is 13.1 Å². The van der Waals surface area contributed by atoms with Crippen molar-refractivity contribution in [2.24, 2.45) is 18.7 Å². The number of nitrogens with two attached hydrogens (primary N) is 1. The van der Waals surface area contributed by atoms with Gasteiger partial charge in [-0.2, -0.15) is 5.10 Å². The van der Waals surface area contributed by atoms with Crippen LogP contribution in [0.25, 0.3) is 0 Å². The number of nitrogens with zero attached hydrogens (tertiary/aromatic N) is 3. The van der Waals surface area contributed by atoms with E-state index in [0.717, 1.165) is 19.0 Å². The zero-order valence-electron chi connectivity index (χ0n) is 11.5. The molecule has 100 valence electrons. The van der Waals surface area contributed by atoms with E-state index in [-0.39, 0.29) is 0 Å². The molecule has 4 nitrogen and oxygen atoms in total. The maximum absolute atomic E-state index is 5.99. The second-order valence-electron chi connectivity index (χ2n) is 5.76. The molecule has 1 aromatic heterocycles. The molecule has 0 spiro atoms. The minimum Gasteiger partial charge on any atom is -0.330 e. The lowest BCUT2D eigenvalue weighted by molar-refractivity contribution is 0.219. The Kier molecular flexibility index (Phi) is 3.16. The Labute approximate surface area is 109 Å². The molecule has 1 saturated carbocycles. The fourth-order valence-electron chi connectivity index (χ4n) is 3.45. The van der Waals surface area contributed by atoms with E-state index < -0.39 is 0 Å². The molecule has 2 fully saturated rings. The van der Waals surface area contributed by atoms with Gasteiger partial charge in [0, 0.05) is 30.9 Å². The highest BCUT2D eigenvalue weighted by Gasteiger charge is 2.43. The highest BCUT2D eigenvalue weighted by atomic mass is 15.3. The van der Waals surface area contributed by atoms with Crippen LogP contribution in [0.4, 0.5) is 0 Å². The van der Waals surface area contributed by atoms with Crippen molar-refractivity contribution in [1.29, 1.82) is 0 Å². The zero-order valence-corrected chi connectivity index (χ0v) is 11.5. The average molecular weight is 248 g/mol. The third kappa shape index (κ3) is 1.97. The molecule has 0 aromatic carbocycles. The summed E-state index contributed by atoms with van der Waals surface area (Å²) in [6.45, 7) is 4.21. The molecule has 2 unspecified atom stereocenters. The molecular formula is C14H24N4. The highest BCUT2D eigenvalue weighted by Crippen LogP contribution is 2.44. The molecule has 2 N–H and O–H groups in total. The van der Waals surface area contributed by atoms with Gasteiger partial charge in [-0.25, -0.2) is 0 Å². The molecule has 4 heteroatoms. The normalized spacial score (nSPS) is 29.1. The summed E-state index contributed by atoms with van der Waals surface area (Å²) in [5.41, 5.74) is 8.68. The Morgan fingerprint density at radius 3 is 2.78 bits per heavy atom. The fraction of sp³-hybridized carbons (Fsp3) is 0.786. The maximum atomic E-state index is 5.99. The molecule has 0 radical (unpaired) electrons. The first-order chi connectivity index (χ1) is 8.74. The molecule has 1 aliphatic carbocycles. The standard InChI is InChI=1S/C14H24N4/c1-3-13-12(9-17(2)16-13)14-10(8-15)6-7-18(14)11-4-5-11/h9-11,14H,3-8,15H2,1-2H3. The summed E-state index contributed by atoms with van der Waals surface area (Å²) in [6.07, 6.45) is 7.22. The zero-order chi connectivity index (χ0) is 12.7. The Morgan fingerprint density at radius 1 is 1.39 bits per heavy atom.